The van der Waals surface area contributed by atoms with Crippen molar-refractivity contribution in [1.29, 1.82) is 0 Å². The van der Waals surface area contributed by atoms with Gasteiger partial charge in [-0.15, -0.1) is 0 Å². The number of rotatable bonds is 5. The van der Waals surface area contributed by atoms with Crippen molar-refractivity contribution >= 4 is 18.0 Å². The van der Waals surface area contributed by atoms with Crippen molar-refractivity contribution in [3.8, 4) is 5.75 Å². The zero-order chi connectivity index (χ0) is 19.3. The van der Waals surface area contributed by atoms with Crippen molar-refractivity contribution in [1.82, 2.24) is 0 Å². The van der Waals surface area contributed by atoms with E-state index >= 15 is 0 Å². The van der Waals surface area contributed by atoms with Crippen LogP contribution in [0.1, 0.15) is 63.0 Å². The molecule has 3 heteroatoms. The maximum Gasteiger partial charge on any atom is 0.331 e. The molecule has 2 bridgehead atoms. The molecule has 0 spiro atoms. The van der Waals surface area contributed by atoms with Crippen LogP contribution in [0.3, 0.4) is 0 Å². The van der Waals surface area contributed by atoms with E-state index in [0.717, 1.165) is 12.2 Å². The van der Waals surface area contributed by atoms with Gasteiger partial charge in [0.1, 0.15) is 5.75 Å². The molecule has 2 saturated heterocycles. The Kier molecular flexibility index (Phi) is 6.21. The number of hydrogen-bond donors (Lipinski definition) is 0. The number of benzene rings is 2. The molecule has 2 fully saturated rings. The van der Waals surface area contributed by atoms with Gasteiger partial charge in [0, 0.05) is 6.10 Å². The molecule has 2 heterocycles. The van der Waals surface area contributed by atoms with Crippen LogP contribution in [0.4, 0.5) is 0 Å². The molecule has 0 atom stereocenters. The largest absolute Gasteiger partial charge is 0.497 e. The van der Waals surface area contributed by atoms with Crippen LogP contribution in [0.2, 0.25) is 5.82 Å². The van der Waals surface area contributed by atoms with Gasteiger partial charge < -0.3 is 9.39 Å². The molecular formula is C25H31BO2. The summed E-state index contributed by atoms with van der Waals surface area (Å²) in [5.41, 5.74) is 5.41. The lowest BCUT2D eigenvalue weighted by Crippen LogP contribution is -2.28. The van der Waals surface area contributed by atoms with E-state index in [1.165, 1.54) is 60.7 Å². The van der Waals surface area contributed by atoms with Gasteiger partial charge in [-0.25, -0.2) is 0 Å². The summed E-state index contributed by atoms with van der Waals surface area (Å²) >= 11 is 0. The van der Waals surface area contributed by atoms with Gasteiger partial charge in [0.25, 0.3) is 0 Å². The van der Waals surface area contributed by atoms with Crippen LogP contribution in [0, 0.1) is 0 Å². The smallest absolute Gasteiger partial charge is 0.331 e. The molecule has 2 aromatic carbocycles. The SMILES string of the molecule is CC/C(=C(/B1OC2CCCC1CCC2)c1ccccc1)c1ccc(OC)cc1. The first-order valence-corrected chi connectivity index (χ1v) is 10.9. The van der Waals surface area contributed by atoms with Gasteiger partial charge in [0.15, 0.2) is 0 Å². The summed E-state index contributed by atoms with van der Waals surface area (Å²) in [4.78, 5) is 0. The first-order valence-electron chi connectivity index (χ1n) is 10.9. The van der Waals surface area contributed by atoms with Crippen molar-refractivity contribution in [3.63, 3.8) is 0 Å². The van der Waals surface area contributed by atoms with Crippen LogP contribution in [0.25, 0.3) is 11.0 Å². The highest BCUT2D eigenvalue weighted by Gasteiger charge is 2.39. The van der Waals surface area contributed by atoms with E-state index in [4.69, 9.17) is 9.39 Å². The molecule has 2 aliphatic rings. The number of fused-ring (bicyclic) bond motifs is 3. The number of methoxy groups -OCH3 is 1. The predicted molar refractivity (Wildman–Crippen MR) is 119 cm³/mol. The Bertz CT molecular complexity index is 787. The summed E-state index contributed by atoms with van der Waals surface area (Å²) in [6.07, 6.45) is 9.04. The molecule has 2 nitrogen and oxygen atoms in total. The van der Waals surface area contributed by atoms with Gasteiger partial charge in [0.2, 0.25) is 0 Å². The maximum absolute atomic E-state index is 6.82. The van der Waals surface area contributed by atoms with Crippen LogP contribution in [-0.4, -0.2) is 20.1 Å². The highest BCUT2D eigenvalue weighted by atomic mass is 16.5. The second-order valence-electron chi connectivity index (χ2n) is 8.14. The number of ether oxygens (including phenoxy) is 1. The predicted octanol–water partition coefficient (Wildman–Crippen LogP) is 6.67. The Morgan fingerprint density at radius 1 is 0.929 bits per heavy atom. The molecule has 0 N–H and O–H groups in total. The third-order valence-corrected chi connectivity index (χ3v) is 6.46. The number of allylic oxidation sites excluding steroid dienone is 1. The lowest BCUT2D eigenvalue weighted by Gasteiger charge is -2.27. The van der Waals surface area contributed by atoms with E-state index in [1.54, 1.807) is 7.11 Å². The molecule has 28 heavy (non-hydrogen) atoms. The van der Waals surface area contributed by atoms with Gasteiger partial charge in [0.05, 0.1) is 7.11 Å². The lowest BCUT2D eigenvalue weighted by atomic mass is 9.46. The van der Waals surface area contributed by atoms with Crippen LogP contribution in [-0.2, 0) is 4.65 Å². The van der Waals surface area contributed by atoms with E-state index in [1.807, 2.05) is 0 Å². The molecule has 0 amide bonds. The quantitative estimate of drug-likeness (QED) is 0.430. The van der Waals surface area contributed by atoms with Crippen molar-refractivity contribution in [3.05, 3.63) is 65.7 Å². The van der Waals surface area contributed by atoms with Gasteiger partial charge >= 0.3 is 6.92 Å². The fourth-order valence-electron chi connectivity index (χ4n) is 5.04. The minimum atomic E-state index is 0.203. The summed E-state index contributed by atoms with van der Waals surface area (Å²) in [5, 5.41) is 0. The summed E-state index contributed by atoms with van der Waals surface area (Å²) in [5.74, 6) is 1.53. The average Bonchev–Trinajstić information content (AvgIpc) is 3.05. The topological polar surface area (TPSA) is 18.5 Å². The highest BCUT2D eigenvalue weighted by Crippen LogP contribution is 2.44. The summed E-state index contributed by atoms with van der Waals surface area (Å²) in [7, 11) is 1.72. The Hall–Kier alpha value is -2.00. The third kappa shape index (κ3) is 4.05. The summed E-state index contributed by atoms with van der Waals surface area (Å²) in [6.45, 7) is 2.47. The molecule has 0 aromatic heterocycles. The molecule has 0 unspecified atom stereocenters. The zero-order valence-electron chi connectivity index (χ0n) is 17.2. The van der Waals surface area contributed by atoms with Gasteiger partial charge in [-0.1, -0.05) is 75.1 Å². The standard InChI is InChI=1S/C25H31BO2/c1-3-24(19-15-17-22(27-2)18-16-19)25(20-9-5-4-6-10-20)26-21-11-7-13-23(28-26)14-8-12-21/h4-6,9-10,15-18,21,23H,3,7-8,11-14H2,1-2H3/b25-24-. The van der Waals surface area contributed by atoms with Crippen molar-refractivity contribution in [2.45, 2.75) is 63.8 Å². The Labute approximate surface area is 170 Å². The molecule has 0 radical (unpaired) electrons. The second-order valence-corrected chi connectivity index (χ2v) is 8.14. The van der Waals surface area contributed by atoms with Crippen molar-refractivity contribution in [2.75, 3.05) is 7.11 Å². The van der Waals surface area contributed by atoms with E-state index in [0.29, 0.717) is 11.9 Å². The molecule has 4 rings (SSSR count). The van der Waals surface area contributed by atoms with E-state index < -0.39 is 0 Å². The molecule has 0 aliphatic carbocycles. The van der Waals surface area contributed by atoms with Crippen molar-refractivity contribution < 1.29 is 9.39 Å². The van der Waals surface area contributed by atoms with Gasteiger partial charge in [-0.05, 0) is 59.4 Å². The third-order valence-electron chi connectivity index (χ3n) is 6.46. The van der Waals surface area contributed by atoms with Gasteiger partial charge in [-0.3, -0.25) is 0 Å². The normalized spacial score (nSPS) is 23.0. The van der Waals surface area contributed by atoms with Crippen LogP contribution in [0.15, 0.2) is 54.6 Å². The molecular weight excluding hydrogens is 343 g/mol. The maximum atomic E-state index is 6.82. The monoisotopic (exact) mass is 374 g/mol. The molecule has 146 valence electrons. The Morgan fingerprint density at radius 2 is 1.61 bits per heavy atom. The Balaban J connectivity index is 1.85. The summed E-state index contributed by atoms with van der Waals surface area (Å²) in [6, 6.07) is 19.5. The molecule has 2 aromatic rings. The van der Waals surface area contributed by atoms with Crippen LogP contribution < -0.4 is 4.74 Å². The zero-order valence-corrected chi connectivity index (χ0v) is 17.2. The van der Waals surface area contributed by atoms with Crippen LogP contribution in [0.5, 0.6) is 5.75 Å². The number of hydrogen-bond acceptors (Lipinski definition) is 2. The second kappa shape index (κ2) is 9.00. The first kappa shape index (κ1) is 19.3. The minimum Gasteiger partial charge on any atom is -0.497 e. The fraction of sp³-hybridized carbons (Fsp3) is 0.440. The Morgan fingerprint density at radius 3 is 2.21 bits per heavy atom. The fourth-order valence-corrected chi connectivity index (χ4v) is 5.04. The van der Waals surface area contributed by atoms with E-state index in [2.05, 4.69) is 61.5 Å². The highest BCUT2D eigenvalue weighted by molar-refractivity contribution is 6.77. The van der Waals surface area contributed by atoms with Crippen LogP contribution >= 0.6 is 0 Å². The van der Waals surface area contributed by atoms with E-state index in [-0.39, 0.29) is 6.92 Å². The molecule has 0 saturated carbocycles. The lowest BCUT2D eigenvalue weighted by molar-refractivity contribution is 0.191. The minimum absolute atomic E-state index is 0.203. The summed E-state index contributed by atoms with van der Waals surface area (Å²) < 4.78 is 12.2. The first-order chi connectivity index (χ1) is 13.8. The average molecular weight is 374 g/mol. The van der Waals surface area contributed by atoms with E-state index in [9.17, 15) is 0 Å². The van der Waals surface area contributed by atoms with Crippen molar-refractivity contribution in [2.24, 2.45) is 0 Å². The molecule has 2 aliphatic heterocycles. The van der Waals surface area contributed by atoms with Gasteiger partial charge in [-0.2, -0.15) is 0 Å².